The number of rotatable bonds is 4. The summed E-state index contributed by atoms with van der Waals surface area (Å²) in [5, 5.41) is 2.67. The molecule has 0 spiro atoms. The van der Waals surface area contributed by atoms with Crippen LogP contribution < -0.4 is 5.56 Å². The Balaban J connectivity index is 1.46. The largest absolute Gasteiger partial charge is 0.341 e. The van der Waals surface area contributed by atoms with E-state index in [2.05, 4.69) is 23.2 Å². The first-order valence-corrected chi connectivity index (χ1v) is 12.3. The first-order valence-electron chi connectivity index (χ1n) is 11.5. The fraction of sp³-hybridized carbons (Fsp3) is 0.480. The highest BCUT2D eigenvalue weighted by Gasteiger charge is 2.23. The molecule has 2 aromatic heterocycles. The van der Waals surface area contributed by atoms with Gasteiger partial charge in [-0.2, -0.15) is 0 Å². The summed E-state index contributed by atoms with van der Waals surface area (Å²) < 4.78 is 1.48. The Morgan fingerprint density at radius 1 is 1.13 bits per heavy atom. The van der Waals surface area contributed by atoms with Crippen LogP contribution in [0.2, 0.25) is 0 Å². The molecular formula is C25H29N3O2S. The van der Waals surface area contributed by atoms with Crippen LogP contribution in [0.1, 0.15) is 56.1 Å². The lowest BCUT2D eigenvalue weighted by Gasteiger charge is -2.31. The number of carbonyl (C=O) groups excluding carboxylic acids is 1. The van der Waals surface area contributed by atoms with Crippen LogP contribution in [0.25, 0.3) is 21.3 Å². The van der Waals surface area contributed by atoms with Gasteiger partial charge >= 0.3 is 0 Å². The zero-order chi connectivity index (χ0) is 21.4. The molecule has 0 saturated heterocycles. The molecule has 3 aromatic rings. The molecule has 31 heavy (non-hydrogen) atoms. The third-order valence-corrected chi connectivity index (χ3v) is 7.93. The predicted molar refractivity (Wildman–Crippen MR) is 126 cm³/mol. The van der Waals surface area contributed by atoms with Gasteiger partial charge in [-0.25, -0.2) is 4.98 Å². The molecule has 1 aromatic carbocycles. The molecule has 0 bridgehead atoms. The molecule has 6 heteroatoms. The van der Waals surface area contributed by atoms with Crippen LogP contribution >= 0.6 is 11.3 Å². The summed E-state index contributed by atoms with van der Waals surface area (Å²) in [4.78, 5) is 33.4. The molecule has 2 aliphatic carbocycles. The number of carbonyl (C=O) groups is 1. The Labute approximate surface area is 186 Å². The van der Waals surface area contributed by atoms with E-state index < -0.39 is 0 Å². The van der Waals surface area contributed by atoms with Crippen LogP contribution in [0.15, 0.2) is 34.7 Å². The van der Waals surface area contributed by atoms with Gasteiger partial charge in [-0.05, 0) is 55.2 Å². The molecule has 0 unspecified atom stereocenters. The summed E-state index contributed by atoms with van der Waals surface area (Å²) in [6.07, 6.45) is 12.0. The van der Waals surface area contributed by atoms with E-state index in [0.29, 0.717) is 11.4 Å². The maximum absolute atomic E-state index is 13.4. The highest BCUT2D eigenvalue weighted by Crippen LogP contribution is 2.33. The average molecular weight is 436 g/mol. The van der Waals surface area contributed by atoms with E-state index in [4.69, 9.17) is 0 Å². The third kappa shape index (κ3) is 3.93. The highest BCUT2D eigenvalue weighted by molar-refractivity contribution is 7.17. The lowest BCUT2D eigenvalue weighted by Crippen LogP contribution is -2.41. The number of nitrogens with zero attached hydrogens (tertiary/aromatic N) is 3. The van der Waals surface area contributed by atoms with Crippen molar-refractivity contribution in [3.05, 3.63) is 51.4 Å². The lowest BCUT2D eigenvalue weighted by molar-refractivity contribution is -0.133. The van der Waals surface area contributed by atoms with Crippen molar-refractivity contribution < 1.29 is 4.79 Å². The number of hydrogen-bond donors (Lipinski definition) is 0. The number of aryl methyl sites for hydroxylation is 2. The minimum absolute atomic E-state index is 0.0132. The van der Waals surface area contributed by atoms with Gasteiger partial charge in [0, 0.05) is 24.0 Å². The van der Waals surface area contributed by atoms with Crippen molar-refractivity contribution in [1.82, 2.24) is 14.5 Å². The van der Waals surface area contributed by atoms with Crippen LogP contribution in [0, 0.1) is 0 Å². The van der Waals surface area contributed by atoms with Crippen LogP contribution in [-0.2, 0) is 24.2 Å². The Kier molecular flexibility index (Phi) is 5.65. The van der Waals surface area contributed by atoms with Gasteiger partial charge in [0.2, 0.25) is 5.91 Å². The zero-order valence-corrected chi connectivity index (χ0v) is 18.9. The molecule has 1 fully saturated rings. The Morgan fingerprint density at radius 3 is 2.71 bits per heavy atom. The number of likely N-dealkylation sites (N-methyl/N-ethyl adjacent to an activating group) is 1. The van der Waals surface area contributed by atoms with Gasteiger partial charge in [0.05, 0.1) is 11.7 Å². The molecule has 2 aliphatic rings. The summed E-state index contributed by atoms with van der Waals surface area (Å²) in [6, 6.07) is 6.88. The Hall–Kier alpha value is -2.47. The van der Waals surface area contributed by atoms with E-state index >= 15 is 0 Å². The van der Waals surface area contributed by atoms with Gasteiger partial charge in [0.15, 0.2) is 0 Å². The summed E-state index contributed by atoms with van der Waals surface area (Å²) >= 11 is 1.50. The number of aromatic nitrogens is 2. The second-order valence-corrected chi connectivity index (χ2v) is 9.85. The minimum Gasteiger partial charge on any atom is -0.341 e. The quantitative estimate of drug-likeness (QED) is 0.592. The molecule has 0 atom stereocenters. The molecule has 0 radical (unpaired) electrons. The Bertz CT molecular complexity index is 1170. The summed E-state index contributed by atoms with van der Waals surface area (Å²) in [5.41, 5.74) is 4.73. The molecular weight excluding hydrogens is 406 g/mol. The maximum atomic E-state index is 13.4. The minimum atomic E-state index is -0.121. The van der Waals surface area contributed by atoms with Crippen molar-refractivity contribution in [3.8, 4) is 11.1 Å². The number of thiophene rings is 1. The molecule has 0 N–H and O–H groups in total. The zero-order valence-electron chi connectivity index (χ0n) is 18.1. The second-order valence-electron chi connectivity index (χ2n) is 8.99. The smallest absolute Gasteiger partial charge is 0.263 e. The van der Waals surface area contributed by atoms with Crippen LogP contribution in [0.4, 0.5) is 0 Å². The number of hydrogen-bond acceptors (Lipinski definition) is 4. The van der Waals surface area contributed by atoms with E-state index in [1.807, 2.05) is 17.3 Å². The van der Waals surface area contributed by atoms with Crippen LogP contribution in [0.3, 0.4) is 0 Å². The molecule has 162 valence electrons. The van der Waals surface area contributed by atoms with Gasteiger partial charge in [-0.3, -0.25) is 14.2 Å². The maximum Gasteiger partial charge on any atom is 0.263 e. The molecule has 1 saturated carbocycles. The molecule has 5 nitrogen and oxygen atoms in total. The first kappa shape index (κ1) is 20.4. The number of fused-ring (bicyclic) bond motifs is 2. The molecule has 5 rings (SSSR count). The van der Waals surface area contributed by atoms with E-state index in [1.54, 1.807) is 0 Å². The van der Waals surface area contributed by atoms with Gasteiger partial charge in [0.1, 0.15) is 11.4 Å². The van der Waals surface area contributed by atoms with Crippen LogP contribution in [0.5, 0.6) is 0 Å². The second kappa shape index (κ2) is 8.58. The fourth-order valence-electron chi connectivity index (χ4n) is 5.12. The lowest BCUT2D eigenvalue weighted by atomic mass is 9.89. The summed E-state index contributed by atoms with van der Waals surface area (Å²) in [7, 11) is 1.87. The van der Waals surface area contributed by atoms with E-state index in [-0.39, 0.29) is 18.0 Å². The summed E-state index contributed by atoms with van der Waals surface area (Å²) in [6.45, 7) is 0.0498. The number of amides is 1. The Morgan fingerprint density at radius 2 is 1.90 bits per heavy atom. The van der Waals surface area contributed by atoms with E-state index in [9.17, 15) is 9.59 Å². The van der Waals surface area contributed by atoms with Crippen molar-refractivity contribution in [2.24, 2.45) is 0 Å². The van der Waals surface area contributed by atoms with Gasteiger partial charge in [0.25, 0.3) is 5.56 Å². The van der Waals surface area contributed by atoms with Crippen molar-refractivity contribution >= 4 is 27.5 Å². The van der Waals surface area contributed by atoms with Crippen molar-refractivity contribution in [2.75, 3.05) is 7.05 Å². The molecule has 2 heterocycles. The normalized spacial score (nSPS) is 16.9. The van der Waals surface area contributed by atoms with Gasteiger partial charge in [-0.15, -0.1) is 11.3 Å². The van der Waals surface area contributed by atoms with Crippen molar-refractivity contribution in [1.29, 1.82) is 0 Å². The van der Waals surface area contributed by atoms with E-state index in [0.717, 1.165) is 41.6 Å². The van der Waals surface area contributed by atoms with E-state index in [1.165, 1.54) is 65.5 Å². The topological polar surface area (TPSA) is 55.2 Å². The van der Waals surface area contributed by atoms with Crippen molar-refractivity contribution in [3.63, 3.8) is 0 Å². The highest BCUT2D eigenvalue weighted by atomic mass is 32.1. The molecule has 0 aliphatic heterocycles. The fourth-order valence-corrected chi connectivity index (χ4v) is 6.03. The summed E-state index contributed by atoms with van der Waals surface area (Å²) in [5.74, 6) is -0.0132. The third-order valence-electron chi connectivity index (χ3n) is 7.04. The first-order chi connectivity index (χ1) is 15.1. The predicted octanol–water partition coefficient (Wildman–Crippen LogP) is 4.79. The standard InChI is InChI=1S/C25H29N3O2S/c1-27(20-9-3-2-4-10-20)22(29)14-28-16-26-24-23(25(28)30)21(15-31-24)19-12-11-17-7-5-6-8-18(17)13-19/h11-13,15-16,20H,2-10,14H2,1H3. The SMILES string of the molecule is CN(C(=O)Cn1cnc2scc(-c3ccc4c(c3)CCCC4)c2c1=O)C1CCCCC1. The van der Waals surface area contributed by atoms with Crippen LogP contribution in [-0.4, -0.2) is 33.4 Å². The van der Waals surface area contributed by atoms with Crippen molar-refractivity contribution in [2.45, 2.75) is 70.4 Å². The van der Waals surface area contributed by atoms with Gasteiger partial charge in [-0.1, -0.05) is 37.5 Å². The van der Waals surface area contributed by atoms with Gasteiger partial charge < -0.3 is 4.90 Å². The molecule has 1 amide bonds. The number of benzene rings is 1. The average Bonchev–Trinajstić information content (AvgIpc) is 3.25. The monoisotopic (exact) mass is 435 g/mol.